The fourth-order valence-electron chi connectivity index (χ4n) is 1.73. The zero-order valence-electron chi connectivity index (χ0n) is 10.5. The molecule has 0 saturated carbocycles. The van der Waals surface area contributed by atoms with Crippen LogP contribution < -0.4 is 11.1 Å². The number of carbonyl (C=O) groups excluding carboxylic acids is 1. The van der Waals surface area contributed by atoms with Crippen LogP contribution in [0.5, 0.6) is 0 Å². The van der Waals surface area contributed by atoms with Gasteiger partial charge >= 0.3 is 0 Å². The number of amides is 1. The molecule has 0 aliphatic heterocycles. The molecule has 1 amide bonds. The molecule has 3 N–H and O–H groups in total. The molecule has 0 spiro atoms. The van der Waals surface area contributed by atoms with Gasteiger partial charge in [0.1, 0.15) is 5.82 Å². The summed E-state index contributed by atoms with van der Waals surface area (Å²) in [6, 6.07) is 4.03. The number of hydrogen-bond donors (Lipinski definition) is 2. The molecule has 0 heterocycles. The molecule has 0 aliphatic rings. The molecule has 1 atom stereocenters. The highest BCUT2D eigenvalue weighted by molar-refractivity contribution is 6.34. The van der Waals surface area contributed by atoms with Crippen molar-refractivity contribution in [2.45, 2.75) is 26.3 Å². The molecule has 1 unspecified atom stereocenters. The second-order valence-corrected chi connectivity index (χ2v) is 5.01. The Morgan fingerprint density at radius 1 is 1.50 bits per heavy atom. The standard InChI is InChI=1S/C13H18ClFN2O/c1-8(2)6-9(7-16)17-13(18)10-4-3-5-11(15)12(10)14/h3-5,8-9H,6-7,16H2,1-2H3,(H,17,18). The maximum absolute atomic E-state index is 13.2. The summed E-state index contributed by atoms with van der Waals surface area (Å²) in [7, 11) is 0. The smallest absolute Gasteiger partial charge is 0.253 e. The summed E-state index contributed by atoms with van der Waals surface area (Å²) in [5.74, 6) is -0.574. The van der Waals surface area contributed by atoms with Crippen molar-refractivity contribution in [2.24, 2.45) is 11.7 Å². The van der Waals surface area contributed by atoms with Gasteiger partial charge in [-0.05, 0) is 24.5 Å². The summed E-state index contributed by atoms with van der Waals surface area (Å²) in [5.41, 5.74) is 5.73. The van der Waals surface area contributed by atoms with Crippen LogP contribution in [0.2, 0.25) is 5.02 Å². The van der Waals surface area contributed by atoms with E-state index in [4.69, 9.17) is 17.3 Å². The fraction of sp³-hybridized carbons (Fsp3) is 0.462. The van der Waals surface area contributed by atoms with Crippen LogP contribution in [0.1, 0.15) is 30.6 Å². The second kappa shape index (κ2) is 6.71. The van der Waals surface area contributed by atoms with Crippen molar-refractivity contribution < 1.29 is 9.18 Å². The Labute approximate surface area is 112 Å². The van der Waals surface area contributed by atoms with Gasteiger partial charge in [-0.3, -0.25) is 4.79 Å². The molecular formula is C13H18ClFN2O. The van der Waals surface area contributed by atoms with Crippen LogP contribution in [0, 0.1) is 11.7 Å². The molecule has 0 bridgehead atoms. The summed E-state index contributed by atoms with van der Waals surface area (Å²) in [4.78, 5) is 12.0. The maximum Gasteiger partial charge on any atom is 0.253 e. The van der Waals surface area contributed by atoms with E-state index in [1.54, 1.807) is 0 Å². The number of carbonyl (C=O) groups is 1. The average molecular weight is 273 g/mol. The van der Waals surface area contributed by atoms with Crippen molar-refractivity contribution in [3.8, 4) is 0 Å². The summed E-state index contributed by atoms with van der Waals surface area (Å²) < 4.78 is 13.2. The SMILES string of the molecule is CC(C)CC(CN)NC(=O)c1cccc(F)c1Cl. The lowest BCUT2D eigenvalue weighted by Gasteiger charge is -2.19. The molecule has 0 saturated heterocycles. The van der Waals surface area contributed by atoms with Crippen LogP contribution in [0.3, 0.4) is 0 Å². The van der Waals surface area contributed by atoms with Crippen LogP contribution in [0.25, 0.3) is 0 Å². The third kappa shape index (κ3) is 3.96. The molecule has 0 fully saturated rings. The van der Waals surface area contributed by atoms with Crippen molar-refractivity contribution in [3.63, 3.8) is 0 Å². The molecule has 1 aromatic carbocycles. The van der Waals surface area contributed by atoms with Gasteiger partial charge in [-0.25, -0.2) is 4.39 Å². The lowest BCUT2D eigenvalue weighted by Crippen LogP contribution is -2.41. The average Bonchev–Trinajstić information content (AvgIpc) is 2.31. The number of rotatable bonds is 5. The third-order valence-corrected chi connectivity index (χ3v) is 2.96. The van der Waals surface area contributed by atoms with E-state index in [0.717, 1.165) is 6.42 Å². The molecule has 1 rings (SSSR count). The summed E-state index contributed by atoms with van der Waals surface area (Å²) in [6.07, 6.45) is 0.773. The molecule has 0 aliphatic carbocycles. The molecule has 100 valence electrons. The number of hydrogen-bond acceptors (Lipinski definition) is 2. The highest BCUT2D eigenvalue weighted by Crippen LogP contribution is 2.19. The Morgan fingerprint density at radius 3 is 2.72 bits per heavy atom. The second-order valence-electron chi connectivity index (χ2n) is 4.64. The summed E-state index contributed by atoms with van der Waals surface area (Å²) in [5, 5.41) is 2.61. The highest BCUT2D eigenvalue weighted by atomic mass is 35.5. The summed E-state index contributed by atoms with van der Waals surface area (Å²) in [6.45, 7) is 4.44. The zero-order chi connectivity index (χ0) is 13.7. The van der Waals surface area contributed by atoms with Gasteiger partial charge in [0.25, 0.3) is 5.91 Å². The van der Waals surface area contributed by atoms with E-state index in [9.17, 15) is 9.18 Å². The molecule has 1 aromatic rings. The Kier molecular flexibility index (Phi) is 5.56. The van der Waals surface area contributed by atoms with Crippen molar-refractivity contribution in [2.75, 3.05) is 6.54 Å². The molecule has 5 heteroatoms. The zero-order valence-corrected chi connectivity index (χ0v) is 11.3. The van der Waals surface area contributed by atoms with E-state index in [1.165, 1.54) is 18.2 Å². The lowest BCUT2D eigenvalue weighted by atomic mass is 10.0. The van der Waals surface area contributed by atoms with E-state index in [0.29, 0.717) is 12.5 Å². The van der Waals surface area contributed by atoms with Crippen LogP contribution >= 0.6 is 11.6 Å². The largest absolute Gasteiger partial charge is 0.348 e. The minimum absolute atomic E-state index is 0.128. The van der Waals surface area contributed by atoms with Crippen LogP contribution in [-0.4, -0.2) is 18.5 Å². The molecular weight excluding hydrogens is 255 g/mol. The van der Waals surface area contributed by atoms with Crippen LogP contribution in [-0.2, 0) is 0 Å². The van der Waals surface area contributed by atoms with E-state index in [-0.39, 0.29) is 16.6 Å². The Morgan fingerprint density at radius 2 is 2.17 bits per heavy atom. The van der Waals surface area contributed by atoms with Gasteiger partial charge in [0, 0.05) is 12.6 Å². The van der Waals surface area contributed by atoms with Crippen molar-refractivity contribution in [1.29, 1.82) is 0 Å². The van der Waals surface area contributed by atoms with E-state index < -0.39 is 11.7 Å². The third-order valence-electron chi connectivity index (χ3n) is 2.57. The first-order chi connectivity index (χ1) is 8.45. The number of benzene rings is 1. The van der Waals surface area contributed by atoms with Gasteiger partial charge < -0.3 is 11.1 Å². The first-order valence-corrected chi connectivity index (χ1v) is 6.28. The van der Waals surface area contributed by atoms with Crippen LogP contribution in [0.4, 0.5) is 4.39 Å². The van der Waals surface area contributed by atoms with E-state index in [2.05, 4.69) is 5.32 Å². The number of halogens is 2. The predicted molar refractivity (Wildman–Crippen MR) is 71.2 cm³/mol. The number of nitrogens with two attached hydrogens (primary N) is 1. The van der Waals surface area contributed by atoms with Gasteiger partial charge in [0.05, 0.1) is 10.6 Å². The van der Waals surface area contributed by atoms with Gasteiger partial charge in [0.2, 0.25) is 0 Å². The van der Waals surface area contributed by atoms with E-state index >= 15 is 0 Å². The quantitative estimate of drug-likeness (QED) is 0.866. The minimum atomic E-state index is -0.600. The predicted octanol–water partition coefficient (Wildman–Crippen LogP) is 2.58. The highest BCUT2D eigenvalue weighted by Gasteiger charge is 2.17. The van der Waals surface area contributed by atoms with E-state index in [1.807, 2.05) is 13.8 Å². The van der Waals surface area contributed by atoms with Crippen molar-refractivity contribution in [1.82, 2.24) is 5.32 Å². The maximum atomic E-state index is 13.2. The Bertz CT molecular complexity index is 423. The van der Waals surface area contributed by atoms with Gasteiger partial charge in [-0.2, -0.15) is 0 Å². The Hall–Kier alpha value is -1.13. The molecule has 0 radical (unpaired) electrons. The fourth-order valence-corrected chi connectivity index (χ4v) is 1.94. The van der Waals surface area contributed by atoms with Gasteiger partial charge in [-0.15, -0.1) is 0 Å². The van der Waals surface area contributed by atoms with Crippen molar-refractivity contribution in [3.05, 3.63) is 34.6 Å². The van der Waals surface area contributed by atoms with Crippen LogP contribution in [0.15, 0.2) is 18.2 Å². The van der Waals surface area contributed by atoms with Gasteiger partial charge in [0.15, 0.2) is 0 Å². The minimum Gasteiger partial charge on any atom is -0.348 e. The van der Waals surface area contributed by atoms with Crippen molar-refractivity contribution >= 4 is 17.5 Å². The molecule has 0 aromatic heterocycles. The molecule has 3 nitrogen and oxygen atoms in total. The first-order valence-electron chi connectivity index (χ1n) is 5.90. The van der Waals surface area contributed by atoms with Gasteiger partial charge in [-0.1, -0.05) is 31.5 Å². The summed E-state index contributed by atoms with van der Waals surface area (Å²) >= 11 is 5.75. The number of nitrogens with one attached hydrogen (secondary N) is 1. The molecule has 18 heavy (non-hydrogen) atoms. The monoisotopic (exact) mass is 272 g/mol. The Balaban J connectivity index is 2.78. The lowest BCUT2D eigenvalue weighted by molar-refractivity contribution is 0.0933. The first kappa shape index (κ1) is 14.9. The topological polar surface area (TPSA) is 55.1 Å². The normalized spacial score (nSPS) is 12.6.